The first-order chi connectivity index (χ1) is 10.0. The molecule has 0 aliphatic rings. The van der Waals surface area contributed by atoms with E-state index in [1.54, 1.807) is 13.1 Å². The van der Waals surface area contributed by atoms with Gasteiger partial charge in [-0.1, -0.05) is 6.92 Å². The van der Waals surface area contributed by atoms with Crippen LogP contribution < -0.4 is 11.1 Å². The molecule has 0 fully saturated rings. The standard InChI is InChI=1S/C13H17N5O3/c1-8(7-20-13(14)19)5-15-11-4-3-10(6-16-11)12-18-17-9(2)21-12/h3-4,6,8H,5,7H2,1-2H3,(H2,14,19)(H,15,16). The number of aromatic nitrogens is 3. The Bertz CT molecular complexity index is 596. The molecule has 2 aromatic rings. The summed E-state index contributed by atoms with van der Waals surface area (Å²) in [5, 5.41) is 10.8. The van der Waals surface area contributed by atoms with Crippen molar-refractivity contribution in [1.82, 2.24) is 15.2 Å². The summed E-state index contributed by atoms with van der Waals surface area (Å²) in [5.41, 5.74) is 5.66. The van der Waals surface area contributed by atoms with Crippen molar-refractivity contribution in [2.75, 3.05) is 18.5 Å². The van der Waals surface area contributed by atoms with Crippen LogP contribution in [-0.4, -0.2) is 34.4 Å². The molecule has 0 aromatic carbocycles. The number of ether oxygens (including phenoxy) is 1. The van der Waals surface area contributed by atoms with Crippen molar-refractivity contribution in [3.8, 4) is 11.5 Å². The molecule has 1 unspecified atom stereocenters. The van der Waals surface area contributed by atoms with Gasteiger partial charge < -0.3 is 20.2 Å². The number of anilines is 1. The number of carbonyl (C=O) groups excluding carboxylic acids is 1. The third-order valence-electron chi connectivity index (χ3n) is 2.68. The van der Waals surface area contributed by atoms with Gasteiger partial charge in [0.2, 0.25) is 11.8 Å². The number of amides is 1. The Morgan fingerprint density at radius 2 is 2.29 bits per heavy atom. The van der Waals surface area contributed by atoms with E-state index in [2.05, 4.69) is 20.5 Å². The van der Waals surface area contributed by atoms with Gasteiger partial charge in [0.25, 0.3) is 0 Å². The highest BCUT2D eigenvalue weighted by Crippen LogP contribution is 2.17. The predicted octanol–water partition coefficient (Wildman–Crippen LogP) is 1.58. The molecule has 2 rings (SSSR count). The summed E-state index contributed by atoms with van der Waals surface area (Å²) < 4.78 is 10.0. The lowest BCUT2D eigenvalue weighted by atomic mass is 10.2. The fraction of sp³-hybridized carbons (Fsp3) is 0.385. The molecule has 2 aromatic heterocycles. The van der Waals surface area contributed by atoms with Crippen LogP contribution in [-0.2, 0) is 4.74 Å². The molecule has 0 saturated heterocycles. The van der Waals surface area contributed by atoms with Gasteiger partial charge in [-0.05, 0) is 12.1 Å². The van der Waals surface area contributed by atoms with Gasteiger partial charge in [-0.25, -0.2) is 9.78 Å². The Morgan fingerprint density at radius 3 is 2.86 bits per heavy atom. The quantitative estimate of drug-likeness (QED) is 0.829. The summed E-state index contributed by atoms with van der Waals surface area (Å²) in [5.74, 6) is 1.78. The number of hydrogen-bond acceptors (Lipinski definition) is 7. The smallest absolute Gasteiger partial charge is 0.404 e. The molecule has 0 aliphatic heterocycles. The van der Waals surface area contributed by atoms with E-state index in [1.807, 2.05) is 19.1 Å². The Balaban J connectivity index is 1.86. The van der Waals surface area contributed by atoms with Crippen LogP contribution in [0.25, 0.3) is 11.5 Å². The highest BCUT2D eigenvalue weighted by Gasteiger charge is 2.08. The van der Waals surface area contributed by atoms with E-state index >= 15 is 0 Å². The lowest BCUT2D eigenvalue weighted by Gasteiger charge is -2.12. The fourth-order valence-electron chi connectivity index (χ4n) is 1.60. The molecule has 0 spiro atoms. The van der Waals surface area contributed by atoms with Gasteiger partial charge in [-0.15, -0.1) is 10.2 Å². The van der Waals surface area contributed by atoms with Gasteiger partial charge in [-0.3, -0.25) is 0 Å². The first-order valence-corrected chi connectivity index (χ1v) is 6.47. The van der Waals surface area contributed by atoms with Gasteiger partial charge in [-0.2, -0.15) is 0 Å². The van der Waals surface area contributed by atoms with E-state index in [9.17, 15) is 4.79 Å². The number of pyridine rings is 1. The van der Waals surface area contributed by atoms with E-state index in [1.165, 1.54) is 0 Å². The number of hydrogen-bond donors (Lipinski definition) is 2. The van der Waals surface area contributed by atoms with E-state index in [0.29, 0.717) is 24.1 Å². The van der Waals surface area contributed by atoms with Crippen molar-refractivity contribution in [1.29, 1.82) is 0 Å². The largest absolute Gasteiger partial charge is 0.449 e. The lowest BCUT2D eigenvalue weighted by Crippen LogP contribution is -2.22. The SMILES string of the molecule is Cc1nnc(-c2ccc(NCC(C)COC(N)=O)nc2)o1. The van der Waals surface area contributed by atoms with E-state index in [4.69, 9.17) is 14.9 Å². The van der Waals surface area contributed by atoms with Crippen molar-refractivity contribution in [2.24, 2.45) is 11.7 Å². The van der Waals surface area contributed by atoms with E-state index in [-0.39, 0.29) is 12.5 Å². The second-order valence-corrected chi connectivity index (χ2v) is 4.67. The summed E-state index contributed by atoms with van der Waals surface area (Å²) in [7, 11) is 0. The summed E-state index contributed by atoms with van der Waals surface area (Å²) in [6.07, 6.45) is 0.888. The van der Waals surface area contributed by atoms with E-state index in [0.717, 1.165) is 5.56 Å². The van der Waals surface area contributed by atoms with E-state index < -0.39 is 6.09 Å². The molecule has 3 N–H and O–H groups in total. The first kappa shape index (κ1) is 14.8. The molecule has 8 nitrogen and oxygen atoms in total. The Labute approximate surface area is 121 Å². The third-order valence-corrected chi connectivity index (χ3v) is 2.68. The minimum absolute atomic E-state index is 0.123. The monoisotopic (exact) mass is 291 g/mol. The summed E-state index contributed by atoms with van der Waals surface area (Å²) in [6, 6.07) is 3.66. The maximum Gasteiger partial charge on any atom is 0.404 e. The van der Waals surface area contributed by atoms with Gasteiger partial charge in [0.05, 0.1) is 12.2 Å². The normalized spacial score (nSPS) is 11.9. The van der Waals surface area contributed by atoms with Gasteiger partial charge >= 0.3 is 6.09 Å². The zero-order valence-corrected chi connectivity index (χ0v) is 11.9. The first-order valence-electron chi connectivity index (χ1n) is 6.47. The molecular weight excluding hydrogens is 274 g/mol. The summed E-state index contributed by atoms with van der Waals surface area (Å²) in [6.45, 7) is 4.54. The van der Waals surface area contributed by atoms with Crippen LogP contribution in [0.4, 0.5) is 10.6 Å². The molecule has 2 heterocycles. The molecule has 0 saturated carbocycles. The molecule has 21 heavy (non-hydrogen) atoms. The topological polar surface area (TPSA) is 116 Å². The van der Waals surface area contributed by atoms with Crippen molar-refractivity contribution in [3.63, 3.8) is 0 Å². The summed E-state index contributed by atoms with van der Waals surface area (Å²) in [4.78, 5) is 14.8. The molecule has 0 bridgehead atoms. The third kappa shape index (κ3) is 4.44. The average molecular weight is 291 g/mol. The van der Waals surface area contributed by atoms with Crippen molar-refractivity contribution in [2.45, 2.75) is 13.8 Å². The number of primary amides is 1. The summed E-state index contributed by atoms with van der Waals surface area (Å²) >= 11 is 0. The maximum atomic E-state index is 10.5. The van der Waals surface area contributed by atoms with Crippen LogP contribution in [0.15, 0.2) is 22.7 Å². The molecule has 8 heteroatoms. The average Bonchev–Trinajstić information content (AvgIpc) is 2.90. The molecule has 0 radical (unpaired) electrons. The minimum atomic E-state index is -0.765. The zero-order valence-electron chi connectivity index (χ0n) is 11.9. The van der Waals surface area contributed by atoms with Crippen LogP contribution in [0.2, 0.25) is 0 Å². The van der Waals surface area contributed by atoms with Crippen LogP contribution in [0.3, 0.4) is 0 Å². The molecular formula is C13H17N5O3. The number of nitrogens with zero attached hydrogens (tertiary/aromatic N) is 3. The zero-order chi connectivity index (χ0) is 15.2. The van der Waals surface area contributed by atoms with Gasteiger partial charge in [0, 0.05) is 25.6 Å². The van der Waals surface area contributed by atoms with Gasteiger partial charge in [0.15, 0.2) is 0 Å². The number of nitrogens with two attached hydrogens (primary N) is 1. The Kier molecular flexibility index (Phi) is 4.70. The number of aryl methyl sites for hydroxylation is 1. The number of rotatable bonds is 6. The lowest BCUT2D eigenvalue weighted by molar-refractivity contribution is 0.142. The van der Waals surface area contributed by atoms with Crippen molar-refractivity contribution >= 4 is 11.9 Å². The van der Waals surface area contributed by atoms with Gasteiger partial charge in [0.1, 0.15) is 5.82 Å². The van der Waals surface area contributed by atoms with Crippen LogP contribution in [0.1, 0.15) is 12.8 Å². The molecule has 0 aliphatic carbocycles. The second kappa shape index (κ2) is 6.69. The highest BCUT2D eigenvalue weighted by molar-refractivity contribution is 5.64. The van der Waals surface area contributed by atoms with Crippen molar-refractivity contribution < 1.29 is 13.9 Å². The van der Waals surface area contributed by atoms with Crippen LogP contribution in [0.5, 0.6) is 0 Å². The predicted molar refractivity (Wildman–Crippen MR) is 75.5 cm³/mol. The second-order valence-electron chi connectivity index (χ2n) is 4.67. The molecule has 1 atom stereocenters. The molecule has 1 amide bonds. The number of nitrogens with one attached hydrogen (secondary N) is 1. The fourth-order valence-corrected chi connectivity index (χ4v) is 1.60. The van der Waals surface area contributed by atoms with Crippen molar-refractivity contribution in [3.05, 3.63) is 24.2 Å². The van der Waals surface area contributed by atoms with Crippen LogP contribution in [0, 0.1) is 12.8 Å². The Hall–Kier alpha value is -2.64. The van der Waals surface area contributed by atoms with Crippen LogP contribution >= 0.6 is 0 Å². The Morgan fingerprint density at radius 1 is 1.48 bits per heavy atom. The maximum absolute atomic E-state index is 10.5. The molecule has 112 valence electrons. The highest BCUT2D eigenvalue weighted by atomic mass is 16.5. The minimum Gasteiger partial charge on any atom is -0.449 e. The number of carbonyl (C=O) groups is 1.